The molecule has 1 saturated heterocycles. The van der Waals surface area contributed by atoms with Gasteiger partial charge in [0.1, 0.15) is 5.82 Å². The molecule has 50 heavy (non-hydrogen) atoms. The molecule has 0 unspecified atom stereocenters. The van der Waals surface area contributed by atoms with Crippen LogP contribution in [0.2, 0.25) is 5.04 Å². The zero-order chi connectivity index (χ0) is 35.7. The zero-order valence-corrected chi connectivity index (χ0v) is 32.9. The number of nitrogens with one attached hydrogen (secondary N) is 1. The summed E-state index contributed by atoms with van der Waals surface area (Å²) in [6.07, 6.45) is 2.36. The van der Waals surface area contributed by atoms with Crippen molar-refractivity contribution in [2.24, 2.45) is 5.41 Å². The topological polar surface area (TPSA) is 59.6 Å². The minimum absolute atomic E-state index is 0.142. The van der Waals surface area contributed by atoms with E-state index in [0.717, 1.165) is 52.2 Å². The van der Waals surface area contributed by atoms with Crippen LogP contribution in [-0.2, 0) is 20.3 Å². The van der Waals surface area contributed by atoms with Crippen LogP contribution in [0.25, 0.3) is 22.2 Å². The van der Waals surface area contributed by atoms with Crippen LogP contribution in [0.4, 0.5) is 10.1 Å². The Bertz CT molecular complexity index is 1880. The first-order valence-electron chi connectivity index (χ1n) is 17.4. The lowest BCUT2D eigenvalue weighted by molar-refractivity contribution is 0.116. The number of ether oxygens (including phenoxy) is 2. The molecule has 0 radical (unpaired) electrons. The minimum atomic E-state index is -2.77. The third kappa shape index (κ3) is 7.21. The van der Waals surface area contributed by atoms with Gasteiger partial charge in [-0.05, 0) is 73.9 Å². The fraction of sp³-hybridized carbons (Fsp3) is 0.390. The van der Waals surface area contributed by atoms with E-state index in [1.807, 2.05) is 19.2 Å². The fourth-order valence-electron chi connectivity index (χ4n) is 7.35. The third-order valence-corrected chi connectivity index (χ3v) is 15.6. The smallest absolute Gasteiger partial charge is 0.261 e. The summed E-state index contributed by atoms with van der Waals surface area (Å²) in [5, 5.41) is 3.34. The van der Waals surface area contributed by atoms with E-state index in [9.17, 15) is 0 Å². The maximum Gasteiger partial charge on any atom is 0.261 e. The molecular weight excluding hydrogens is 709 g/mol. The molecule has 6 nitrogen and oxygen atoms in total. The number of pyridine rings is 1. The highest BCUT2D eigenvalue weighted by Crippen LogP contribution is 2.42. The number of fused-ring (bicyclic) bond motifs is 1. The second-order valence-corrected chi connectivity index (χ2v) is 20.3. The minimum Gasteiger partial charge on any atom is -0.407 e. The molecule has 1 fully saturated rings. The summed E-state index contributed by atoms with van der Waals surface area (Å²) >= 11 is 3.48. The Labute approximate surface area is 305 Å². The number of morpholine rings is 1. The monoisotopic (exact) mass is 757 g/mol. The summed E-state index contributed by atoms with van der Waals surface area (Å²) in [7, 11) is -1.07. The molecule has 0 aliphatic carbocycles. The van der Waals surface area contributed by atoms with E-state index >= 15 is 4.39 Å². The van der Waals surface area contributed by atoms with Crippen molar-refractivity contribution in [3.05, 3.63) is 107 Å². The van der Waals surface area contributed by atoms with Gasteiger partial charge < -0.3 is 23.8 Å². The Morgan fingerprint density at radius 3 is 2.16 bits per heavy atom. The Balaban J connectivity index is 1.46. The number of hydrogen-bond acceptors (Lipinski definition) is 5. The number of aromatic amines is 1. The third-order valence-electron chi connectivity index (χ3n) is 9.99. The lowest BCUT2D eigenvalue weighted by Crippen LogP contribution is -2.67. The lowest BCUT2D eigenvalue weighted by atomic mass is 9.84. The van der Waals surface area contributed by atoms with E-state index < -0.39 is 8.32 Å². The molecule has 2 aromatic heterocycles. The van der Waals surface area contributed by atoms with E-state index in [2.05, 4.69) is 127 Å². The second-order valence-electron chi connectivity index (χ2n) is 15.2. The van der Waals surface area contributed by atoms with E-state index in [1.54, 1.807) is 13.2 Å². The van der Waals surface area contributed by atoms with Gasteiger partial charge in [0.05, 0.1) is 47.1 Å². The summed E-state index contributed by atoms with van der Waals surface area (Å²) in [4.78, 5) is 10.9. The number of anilines is 1. The summed E-state index contributed by atoms with van der Waals surface area (Å²) in [5.74, 6) is -0.309. The van der Waals surface area contributed by atoms with Gasteiger partial charge in [-0.15, -0.1) is 0 Å². The van der Waals surface area contributed by atoms with Crippen molar-refractivity contribution < 1.29 is 18.3 Å². The van der Waals surface area contributed by atoms with Crippen molar-refractivity contribution in [2.75, 3.05) is 44.9 Å². The van der Waals surface area contributed by atoms with Gasteiger partial charge in [-0.2, -0.15) is 0 Å². The van der Waals surface area contributed by atoms with Crippen LogP contribution < -0.4 is 15.3 Å². The molecule has 0 amide bonds. The van der Waals surface area contributed by atoms with Crippen LogP contribution in [0.3, 0.4) is 0 Å². The highest BCUT2D eigenvalue weighted by molar-refractivity contribution is 9.10. The van der Waals surface area contributed by atoms with E-state index in [0.29, 0.717) is 30.7 Å². The standard InChI is InChI=1S/C41H49BrFN3O3Si/c1-28(47-7)38-33(22-29(26-44-38)46-18-20-48-21-19-46)39-34(32-23-35(42)36(43)24-37(32)45-39)25-41(5,6)27-49-50(40(2,3)4,30-14-10-8-11-15-30)31-16-12-9-13-17-31/h8-17,22-24,26,28,45H,18-21,25,27H2,1-7H3/t28-/m0/s1. The molecule has 0 saturated carbocycles. The van der Waals surface area contributed by atoms with Crippen LogP contribution in [0, 0.1) is 11.2 Å². The highest BCUT2D eigenvalue weighted by atomic mass is 79.9. The van der Waals surface area contributed by atoms with Gasteiger partial charge in [-0.1, -0.05) is 95.3 Å². The number of rotatable bonds is 11. The van der Waals surface area contributed by atoms with Crippen LogP contribution in [0.15, 0.2) is 89.5 Å². The molecule has 264 valence electrons. The van der Waals surface area contributed by atoms with Gasteiger partial charge in [-0.25, -0.2) is 4.39 Å². The molecule has 5 aromatic rings. The van der Waals surface area contributed by atoms with Crippen LogP contribution in [-0.4, -0.2) is 58.3 Å². The lowest BCUT2D eigenvalue weighted by Gasteiger charge is -2.44. The summed E-state index contributed by atoms with van der Waals surface area (Å²) < 4.78 is 34.4. The number of hydrogen-bond donors (Lipinski definition) is 1. The van der Waals surface area contributed by atoms with E-state index in [-0.39, 0.29) is 22.4 Å². The van der Waals surface area contributed by atoms with Crippen molar-refractivity contribution in [1.82, 2.24) is 9.97 Å². The molecule has 0 bridgehead atoms. The molecule has 0 spiro atoms. The Morgan fingerprint density at radius 1 is 0.960 bits per heavy atom. The molecule has 1 atom stereocenters. The number of benzene rings is 3. The largest absolute Gasteiger partial charge is 0.407 e. The number of halogens is 2. The molecule has 6 rings (SSSR count). The van der Waals surface area contributed by atoms with Crippen LogP contribution in [0.1, 0.15) is 58.9 Å². The average molecular weight is 759 g/mol. The number of methoxy groups -OCH3 is 1. The first-order valence-corrected chi connectivity index (χ1v) is 20.1. The van der Waals surface area contributed by atoms with E-state index in [1.165, 1.54) is 10.4 Å². The van der Waals surface area contributed by atoms with Crippen molar-refractivity contribution in [3.8, 4) is 11.3 Å². The number of aromatic nitrogens is 2. The maximum absolute atomic E-state index is 15.1. The van der Waals surface area contributed by atoms with Gasteiger partial charge in [0.25, 0.3) is 8.32 Å². The SMILES string of the molecule is CO[C@@H](C)c1ncc(N2CCOCC2)cc1-c1[nH]c2cc(F)c(Br)cc2c1CC(C)(C)CO[Si](c1ccccc1)(c1ccccc1)C(C)(C)C. The number of H-pyrrole nitrogens is 1. The maximum atomic E-state index is 15.1. The Hall–Kier alpha value is -3.34. The van der Waals surface area contributed by atoms with Gasteiger partial charge in [-0.3, -0.25) is 4.98 Å². The molecule has 1 N–H and O–H groups in total. The van der Waals surface area contributed by atoms with Crippen LogP contribution in [0.5, 0.6) is 0 Å². The normalized spacial score (nSPS) is 15.1. The Kier molecular flexibility index (Phi) is 10.7. The van der Waals surface area contributed by atoms with Crippen molar-refractivity contribution in [1.29, 1.82) is 0 Å². The van der Waals surface area contributed by atoms with Gasteiger partial charge in [0, 0.05) is 43.3 Å². The molecule has 3 aromatic carbocycles. The number of nitrogens with zero attached hydrogens (tertiary/aromatic N) is 2. The van der Waals surface area contributed by atoms with Crippen molar-refractivity contribution in [3.63, 3.8) is 0 Å². The van der Waals surface area contributed by atoms with Gasteiger partial charge in [0.15, 0.2) is 0 Å². The predicted molar refractivity (Wildman–Crippen MR) is 209 cm³/mol. The Morgan fingerprint density at radius 2 is 1.58 bits per heavy atom. The molecule has 9 heteroatoms. The average Bonchev–Trinajstić information content (AvgIpc) is 3.44. The molecule has 3 heterocycles. The van der Waals surface area contributed by atoms with E-state index in [4.69, 9.17) is 18.9 Å². The summed E-state index contributed by atoms with van der Waals surface area (Å²) in [6, 6.07) is 27.2. The quantitative estimate of drug-likeness (QED) is 0.137. The van der Waals surface area contributed by atoms with Gasteiger partial charge >= 0.3 is 0 Å². The highest BCUT2D eigenvalue weighted by Gasteiger charge is 2.50. The van der Waals surface area contributed by atoms with Crippen molar-refractivity contribution >= 4 is 51.2 Å². The predicted octanol–water partition coefficient (Wildman–Crippen LogP) is 8.82. The van der Waals surface area contributed by atoms with Crippen molar-refractivity contribution in [2.45, 2.75) is 59.1 Å². The second kappa shape index (κ2) is 14.7. The molecule has 1 aliphatic rings. The van der Waals surface area contributed by atoms with Gasteiger partial charge in [0.2, 0.25) is 0 Å². The zero-order valence-electron chi connectivity index (χ0n) is 30.3. The summed E-state index contributed by atoms with van der Waals surface area (Å²) in [6.45, 7) is 17.0. The first kappa shape index (κ1) is 36.4. The first-order chi connectivity index (χ1) is 23.8. The fourth-order valence-corrected chi connectivity index (χ4v) is 12.5. The summed E-state index contributed by atoms with van der Waals surface area (Å²) in [5.41, 5.74) is 5.28. The molecular formula is C41H49BrFN3O3Si. The van der Waals surface area contributed by atoms with Crippen LogP contribution >= 0.6 is 15.9 Å². The molecule has 1 aliphatic heterocycles.